The second-order valence-corrected chi connectivity index (χ2v) is 7.40. The van der Waals surface area contributed by atoms with Gasteiger partial charge in [0, 0.05) is 11.7 Å². The number of aryl methyl sites for hydroxylation is 1. The molecule has 0 amide bonds. The Balaban J connectivity index is 1.66. The summed E-state index contributed by atoms with van der Waals surface area (Å²) < 4.78 is 5.96. The van der Waals surface area contributed by atoms with Crippen molar-refractivity contribution in [1.29, 1.82) is 0 Å². The van der Waals surface area contributed by atoms with Gasteiger partial charge >= 0.3 is 5.69 Å². The number of hydrogen-bond acceptors (Lipinski definition) is 3. The zero-order valence-electron chi connectivity index (χ0n) is 15.1. The number of imidazole rings is 1. The molecule has 0 saturated heterocycles. The second kappa shape index (κ2) is 5.97. The molecule has 0 radical (unpaired) electrons. The fraction of sp³-hybridized carbons (Fsp3) is 0.450. The Morgan fingerprint density at radius 1 is 1.12 bits per heavy atom. The number of para-hydroxylation sites is 2. The van der Waals surface area contributed by atoms with E-state index in [1.807, 2.05) is 40.3 Å². The lowest BCUT2D eigenvalue weighted by molar-refractivity contribution is 0.621. The molecule has 2 aliphatic rings. The van der Waals surface area contributed by atoms with Crippen LogP contribution < -0.4 is 5.69 Å². The molecule has 1 aromatic carbocycles. The molecule has 6 nitrogen and oxygen atoms in total. The van der Waals surface area contributed by atoms with E-state index in [0.29, 0.717) is 12.6 Å². The van der Waals surface area contributed by atoms with Gasteiger partial charge in [-0.05, 0) is 57.6 Å². The molecule has 5 rings (SSSR count). The van der Waals surface area contributed by atoms with Crippen molar-refractivity contribution in [3.8, 4) is 0 Å². The first-order valence-electron chi connectivity index (χ1n) is 9.54. The van der Waals surface area contributed by atoms with Gasteiger partial charge in [0.15, 0.2) is 5.82 Å². The van der Waals surface area contributed by atoms with Crippen molar-refractivity contribution < 1.29 is 0 Å². The first-order chi connectivity index (χ1) is 12.7. The quantitative estimate of drug-likeness (QED) is 0.724. The summed E-state index contributed by atoms with van der Waals surface area (Å²) in [4.78, 5) is 13.3. The van der Waals surface area contributed by atoms with Crippen LogP contribution in [-0.4, -0.2) is 23.9 Å². The number of nitrogens with zero attached hydrogens (tertiary/aromatic N) is 5. The predicted octanol–water partition coefficient (Wildman–Crippen LogP) is 3.50. The molecule has 0 bridgehead atoms. The van der Waals surface area contributed by atoms with E-state index in [1.165, 1.54) is 19.3 Å². The molecule has 0 aliphatic heterocycles. The number of rotatable bonds is 4. The number of hydrogen-bond donors (Lipinski definition) is 0. The standard InChI is InChI=1S/C20H23N5O/c1-14-21-22-19(24(14)16-11-12-16)13-23-17-9-5-6-10-18(17)25(20(23)26)15-7-3-2-4-8-15/h5-7,9-10,16H,2-4,8,11-13H2,1H3. The largest absolute Gasteiger partial charge is 0.333 e. The minimum Gasteiger partial charge on any atom is -0.311 e. The van der Waals surface area contributed by atoms with E-state index in [-0.39, 0.29) is 5.69 Å². The van der Waals surface area contributed by atoms with Crippen molar-refractivity contribution >= 4 is 16.7 Å². The van der Waals surface area contributed by atoms with Gasteiger partial charge in [-0.3, -0.25) is 9.13 Å². The summed E-state index contributed by atoms with van der Waals surface area (Å²) in [6.45, 7) is 2.46. The van der Waals surface area contributed by atoms with Gasteiger partial charge in [0.2, 0.25) is 0 Å². The highest BCUT2D eigenvalue weighted by Crippen LogP contribution is 2.36. The topological polar surface area (TPSA) is 57.6 Å². The van der Waals surface area contributed by atoms with Crippen LogP contribution in [0.1, 0.15) is 56.2 Å². The smallest absolute Gasteiger partial charge is 0.311 e. The Kier molecular flexibility index (Phi) is 3.58. The molecule has 6 heteroatoms. The first kappa shape index (κ1) is 15.6. The van der Waals surface area contributed by atoms with E-state index in [0.717, 1.165) is 47.6 Å². The minimum absolute atomic E-state index is 0.0300. The predicted molar refractivity (Wildman–Crippen MR) is 101 cm³/mol. The van der Waals surface area contributed by atoms with Gasteiger partial charge in [0.1, 0.15) is 5.82 Å². The van der Waals surface area contributed by atoms with Crippen LogP contribution in [0.5, 0.6) is 0 Å². The van der Waals surface area contributed by atoms with Crippen molar-refractivity contribution in [2.45, 2.75) is 58.0 Å². The van der Waals surface area contributed by atoms with Gasteiger partial charge in [0.25, 0.3) is 0 Å². The highest BCUT2D eigenvalue weighted by atomic mass is 16.1. The molecule has 1 saturated carbocycles. The highest BCUT2D eigenvalue weighted by Gasteiger charge is 2.29. The third-order valence-electron chi connectivity index (χ3n) is 5.54. The van der Waals surface area contributed by atoms with E-state index in [4.69, 9.17) is 0 Å². The molecule has 0 unspecified atom stereocenters. The summed E-state index contributed by atoms with van der Waals surface area (Å²) in [7, 11) is 0. The monoisotopic (exact) mass is 349 g/mol. The fourth-order valence-electron chi connectivity index (χ4n) is 4.13. The lowest BCUT2D eigenvalue weighted by atomic mass is 10.0. The average molecular weight is 349 g/mol. The molecule has 0 atom stereocenters. The van der Waals surface area contributed by atoms with Crippen molar-refractivity contribution in [1.82, 2.24) is 23.9 Å². The highest BCUT2D eigenvalue weighted by molar-refractivity contribution is 5.80. The molecule has 2 heterocycles. The molecular weight excluding hydrogens is 326 g/mol. The maximum Gasteiger partial charge on any atom is 0.333 e. The van der Waals surface area contributed by atoms with Crippen LogP contribution in [0.2, 0.25) is 0 Å². The van der Waals surface area contributed by atoms with E-state index in [9.17, 15) is 4.79 Å². The zero-order valence-corrected chi connectivity index (χ0v) is 15.1. The number of benzene rings is 1. The average Bonchev–Trinajstić information content (AvgIpc) is 3.38. The van der Waals surface area contributed by atoms with Crippen molar-refractivity contribution in [3.63, 3.8) is 0 Å². The molecule has 2 aromatic heterocycles. The molecule has 3 aromatic rings. The lowest BCUT2D eigenvalue weighted by Crippen LogP contribution is -2.26. The van der Waals surface area contributed by atoms with E-state index in [2.05, 4.69) is 20.8 Å². The maximum absolute atomic E-state index is 13.3. The number of fused-ring (bicyclic) bond motifs is 1. The number of aromatic nitrogens is 5. The molecule has 134 valence electrons. The van der Waals surface area contributed by atoms with Gasteiger partial charge in [-0.25, -0.2) is 4.79 Å². The van der Waals surface area contributed by atoms with Crippen LogP contribution in [0.3, 0.4) is 0 Å². The van der Waals surface area contributed by atoms with Gasteiger partial charge in [-0.2, -0.15) is 0 Å². The molecule has 26 heavy (non-hydrogen) atoms. The molecule has 0 spiro atoms. The van der Waals surface area contributed by atoms with Gasteiger partial charge < -0.3 is 4.57 Å². The first-order valence-corrected chi connectivity index (χ1v) is 9.54. The van der Waals surface area contributed by atoms with Gasteiger partial charge in [0.05, 0.1) is 17.6 Å². The molecule has 2 aliphatic carbocycles. The Bertz CT molecular complexity index is 1060. The summed E-state index contributed by atoms with van der Waals surface area (Å²) in [6.07, 6.45) is 8.94. The Hall–Kier alpha value is -2.63. The van der Waals surface area contributed by atoms with Crippen molar-refractivity contribution in [3.05, 3.63) is 52.5 Å². The Morgan fingerprint density at radius 3 is 2.65 bits per heavy atom. The summed E-state index contributed by atoms with van der Waals surface area (Å²) in [5.41, 5.74) is 3.12. The molecule has 1 fully saturated rings. The van der Waals surface area contributed by atoms with Gasteiger partial charge in [-0.1, -0.05) is 18.2 Å². The van der Waals surface area contributed by atoms with E-state index >= 15 is 0 Å². The second-order valence-electron chi connectivity index (χ2n) is 7.40. The zero-order chi connectivity index (χ0) is 17.7. The summed E-state index contributed by atoms with van der Waals surface area (Å²) in [6, 6.07) is 8.57. The normalized spacial score (nSPS) is 17.7. The molecule has 0 N–H and O–H groups in total. The third kappa shape index (κ3) is 2.43. The summed E-state index contributed by atoms with van der Waals surface area (Å²) in [5.74, 6) is 1.82. The third-order valence-corrected chi connectivity index (χ3v) is 5.54. The SMILES string of the molecule is Cc1nnc(Cn2c(=O)n(C3=CCCCC3)c3ccccc32)n1C1CC1. The van der Waals surface area contributed by atoms with Crippen LogP contribution in [0.4, 0.5) is 0 Å². The van der Waals surface area contributed by atoms with E-state index in [1.54, 1.807) is 0 Å². The maximum atomic E-state index is 13.3. The van der Waals surface area contributed by atoms with E-state index < -0.39 is 0 Å². The van der Waals surface area contributed by atoms with Crippen molar-refractivity contribution in [2.24, 2.45) is 0 Å². The Labute approximate surface area is 151 Å². The summed E-state index contributed by atoms with van der Waals surface area (Å²) in [5, 5.41) is 8.63. The fourth-order valence-corrected chi connectivity index (χ4v) is 4.13. The lowest BCUT2D eigenvalue weighted by Gasteiger charge is -2.13. The molecular formula is C20H23N5O. The van der Waals surface area contributed by atoms with Crippen molar-refractivity contribution in [2.75, 3.05) is 0 Å². The number of allylic oxidation sites excluding steroid dienone is 2. The Morgan fingerprint density at radius 2 is 1.92 bits per heavy atom. The van der Waals surface area contributed by atoms with Crippen LogP contribution in [-0.2, 0) is 6.54 Å². The minimum atomic E-state index is 0.0300. The van der Waals surface area contributed by atoms with Gasteiger partial charge in [-0.15, -0.1) is 10.2 Å². The van der Waals surface area contributed by atoms with Crippen LogP contribution >= 0.6 is 0 Å². The van der Waals surface area contributed by atoms with Crippen LogP contribution in [0.25, 0.3) is 16.7 Å². The summed E-state index contributed by atoms with van der Waals surface area (Å²) >= 11 is 0. The van der Waals surface area contributed by atoms with Crippen LogP contribution in [0.15, 0.2) is 35.1 Å². The van der Waals surface area contributed by atoms with Crippen LogP contribution in [0, 0.1) is 6.92 Å².